The molecule has 1 aromatic carbocycles. The van der Waals surface area contributed by atoms with E-state index in [0.29, 0.717) is 15.6 Å². The van der Waals surface area contributed by atoms with Gasteiger partial charge in [-0.3, -0.25) is 0 Å². The van der Waals surface area contributed by atoms with Gasteiger partial charge in [-0.15, -0.1) is 0 Å². The molecule has 0 saturated heterocycles. The number of aryl methyl sites for hydroxylation is 1. The second kappa shape index (κ2) is 6.65. The largest absolute Gasteiger partial charge is 0.458 e. The van der Waals surface area contributed by atoms with E-state index in [4.69, 9.17) is 27.6 Å². The van der Waals surface area contributed by atoms with Crippen LogP contribution in [0.2, 0.25) is 10.0 Å². The van der Waals surface area contributed by atoms with Crippen molar-refractivity contribution in [2.24, 2.45) is 0 Å². The Kier molecular flexibility index (Phi) is 5.14. The first-order valence-corrected chi connectivity index (χ1v) is 7.53. The molecule has 1 aromatic heterocycles. The quantitative estimate of drug-likeness (QED) is 0.742. The third-order valence-corrected chi connectivity index (χ3v) is 3.94. The van der Waals surface area contributed by atoms with Gasteiger partial charge in [-0.2, -0.15) is 0 Å². The topological polar surface area (TPSA) is 25.2 Å². The van der Waals surface area contributed by atoms with Crippen LogP contribution in [0.5, 0.6) is 0 Å². The highest BCUT2D eigenvalue weighted by atomic mass is 35.5. The van der Waals surface area contributed by atoms with E-state index in [1.165, 1.54) is 5.56 Å². The summed E-state index contributed by atoms with van der Waals surface area (Å²) in [6, 6.07) is 3.84. The minimum absolute atomic E-state index is 0.512. The molecule has 104 valence electrons. The molecular weight excluding hydrogens is 281 g/mol. The fourth-order valence-corrected chi connectivity index (χ4v) is 2.60. The molecule has 4 heteroatoms. The third-order valence-electron chi connectivity index (χ3n) is 3.15. The van der Waals surface area contributed by atoms with Crippen LogP contribution in [0, 0.1) is 0 Å². The van der Waals surface area contributed by atoms with Crippen LogP contribution in [0.4, 0.5) is 0 Å². The monoisotopic (exact) mass is 299 g/mol. The summed E-state index contributed by atoms with van der Waals surface area (Å²) in [5.41, 5.74) is 1.96. The fourth-order valence-electron chi connectivity index (χ4n) is 2.25. The molecule has 0 fully saturated rings. The molecule has 0 spiro atoms. The van der Waals surface area contributed by atoms with Gasteiger partial charge in [0.1, 0.15) is 10.8 Å². The number of hydrogen-bond acceptors (Lipinski definition) is 2. The van der Waals surface area contributed by atoms with E-state index in [0.717, 1.165) is 43.5 Å². The van der Waals surface area contributed by atoms with Crippen molar-refractivity contribution in [2.75, 3.05) is 6.54 Å². The molecule has 0 unspecified atom stereocenters. The first-order chi connectivity index (χ1) is 9.19. The zero-order valence-corrected chi connectivity index (χ0v) is 12.9. The van der Waals surface area contributed by atoms with Gasteiger partial charge in [0.15, 0.2) is 5.58 Å². The summed E-state index contributed by atoms with van der Waals surface area (Å²) >= 11 is 12.3. The number of halogens is 2. The Morgan fingerprint density at radius 1 is 1.16 bits per heavy atom. The fraction of sp³-hybridized carbons (Fsp3) is 0.467. The van der Waals surface area contributed by atoms with Crippen LogP contribution in [-0.4, -0.2) is 6.54 Å². The Morgan fingerprint density at radius 3 is 2.63 bits per heavy atom. The number of nitrogens with one attached hydrogen (secondary N) is 1. The van der Waals surface area contributed by atoms with Crippen LogP contribution in [0.25, 0.3) is 11.0 Å². The van der Waals surface area contributed by atoms with Crippen molar-refractivity contribution in [3.05, 3.63) is 33.5 Å². The lowest BCUT2D eigenvalue weighted by atomic mass is 10.1. The van der Waals surface area contributed by atoms with Gasteiger partial charge in [-0.05, 0) is 31.5 Å². The van der Waals surface area contributed by atoms with E-state index in [2.05, 4.69) is 19.2 Å². The Bertz CT molecular complexity index is 563. The van der Waals surface area contributed by atoms with Crippen LogP contribution in [0.3, 0.4) is 0 Å². The van der Waals surface area contributed by atoms with Crippen LogP contribution in [0.1, 0.15) is 38.0 Å². The molecule has 19 heavy (non-hydrogen) atoms. The number of fused-ring (bicyclic) bond motifs is 1. The summed E-state index contributed by atoms with van der Waals surface area (Å²) in [4.78, 5) is 0. The lowest BCUT2D eigenvalue weighted by Gasteiger charge is -2.03. The highest BCUT2D eigenvalue weighted by molar-refractivity contribution is 6.44. The van der Waals surface area contributed by atoms with Crippen molar-refractivity contribution in [3.8, 4) is 0 Å². The predicted molar refractivity (Wildman–Crippen MR) is 82.2 cm³/mol. The molecule has 0 aliphatic carbocycles. The number of hydrogen-bond donors (Lipinski definition) is 1. The van der Waals surface area contributed by atoms with Crippen molar-refractivity contribution in [1.82, 2.24) is 5.32 Å². The summed E-state index contributed by atoms with van der Waals surface area (Å²) in [6.07, 6.45) is 3.18. The molecule has 0 aliphatic rings. The van der Waals surface area contributed by atoms with E-state index in [-0.39, 0.29) is 0 Å². The predicted octanol–water partition coefficient (Wildman–Crippen LogP) is 5.19. The van der Waals surface area contributed by atoms with Crippen LogP contribution in [0.15, 0.2) is 16.5 Å². The molecule has 0 atom stereocenters. The second-order valence-electron chi connectivity index (χ2n) is 4.67. The maximum atomic E-state index is 6.23. The van der Waals surface area contributed by atoms with Crippen LogP contribution >= 0.6 is 23.2 Å². The third kappa shape index (κ3) is 3.07. The maximum Gasteiger partial charge on any atom is 0.154 e. The Balaban J connectivity index is 2.43. The summed E-state index contributed by atoms with van der Waals surface area (Å²) in [7, 11) is 0. The normalized spacial score (nSPS) is 11.4. The first-order valence-electron chi connectivity index (χ1n) is 6.78. The summed E-state index contributed by atoms with van der Waals surface area (Å²) in [5, 5.41) is 5.52. The maximum absolute atomic E-state index is 6.23. The summed E-state index contributed by atoms with van der Waals surface area (Å²) < 4.78 is 5.93. The zero-order valence-electron chi connectivity index (χ0n) is 11.4. The zero-order chi connectivity index (χ0) is 13.8. The van der Waals surface area contributed by atoms with E-state index in [9.17, 15) is 0 Å². The Labute approximate surface area is 124 Å². The SMILES string of the molecule is CCCNCc1oc2c(Cl)c(Cl)ccc2c1CCC. The molecule has 0 radical (unpaired) electrons. The average molecular weight is 300 g/mol. The minimum atomic E-state index is 0.512. The molecule has 1 N–H and O–H groups in total. The van der Waals surface area contributed by atoms with Gasteiger partial charge in [0.05, 0.1) is 11.6 Å². The van der Waals surface area contributed by atoms with Crippen molar-refractivity contribution in [3.63, 3.8) is 0 Å². The van der Waals surface area contributed by atoms with Crippen LogP contribution in [-0.2, 0) is 13.0 Å². The minimum Gasteiger partial charge on any atom is -0.458 e. The van der Waals surface area contributed by atoms with E-state index in [1.807, 2.05) is 12.1 Å². The smallest absolute Gasteiger partial charge is 0.154 e. The Hall–Kier alpha value is -0.700. The summed E-state index contributed by atoms with van der Waals surface area (Å²) in [6.45, 7) is 6.04. The van der Waals surface area contributed by atoms with Gasteiger partial charge in [0, 0.05) is 10.9 Å². The van der Waals surface area contributed by atoms with Gasteiger partial charge < -0.3 is 9.73 Å². The van der Waals surface area contributed by atoms with Crippen molar-refractivity contribution >= 4 is 34.2 Å². The molecule has 2 nitrogen and oxygen atoms in total. The van der Waals surface area contributed by atoms with E-state index in [1.54, 1.807) is 0 Å². The molecule has 2 rings (SSSR count). The standard InChI is InChI=1S/C15H19Cl2NO/c1-3-5-10-11-6-7-12(16)14(17)15(11)19-13(10)9-18-8-4-2/h6-7,18H,3-5,8-9H2,1-2H3. The average Bonchev–Trinajstić information content (AvgIpc) is 2.74. The van der Waals surface area contributed by atoms with Crippen LogP contribution < -0.4 is 5.32 Å². The Morgan fingerprint density at radius 2 is 1.95 bits per heavy atom. The van der Waals surface area contributed by atoms with Gasteiger partial charge in [0.25, 0.3) is 0 Å². The van der Waals surface area contributed by atoms with Gasteiger partial charge in [0.2, 0.25) is 0 Å². The van der Waals surface area contributed by atoms with E-state index >= 15 is 0 Å². The molecule has 1 heterocycles. The molecule has 0 saturated carbocycles. The second-order valence-corrected chi connectivity index (χ2v) is 5.45. The van der Waals surface area contributed by atoms with E-state index < -0.39 is 0 Å². The highest BCUT2D eigenvalue weighted by Crippen LogP contribution is 2.36. The highest BCUT2D eigenvalue weighted by Gasteiger charge is 2.16. The molecule has 0 amide bonds. The summed E-state index contributed by atoms with van der Waals surface area (Å²) in [5.74, 6) is 0.981. The molecule has 0 aliphatic heterocycles. The van der Waals surface area contributed by atoms with Crippen molar-refractivity contribution < 1.29 is 4.42 Å². The number of rotatable bonds is 6. The molecular formula is C15H19Cl2NO. The van der Waals surface area contributed by atoms with Gasteiger partial charge >= 0.3 is 0 Å². The van der Waals surface area contributed by atoms with Gasteiger partial charge in [-0.1, -0.05) is 43.5 Å². The first kappa shape index (κ1) is 14.7. The van der Waals surface area contributed by atoms with Crippen molar-refractivity contribution in [2.45, 2.75) is 39.7 Å². The molecule has 0 bridgehead atoms. The lowest BCUT2D eigenvalue weighted by Crippen LogP contribution is -2.14. The lowest BCUT2D eigenvalue weighted by molar-refractivity contribution is 0.507. The number of benzene rings is 1. The van der Waals surface area contributed by atoms with Crippen molar-refractivity contribution in [1.29, 1.82) is 0 Å². The molecule has 2 aromatic rings. The number of furan rings is 1. The van der Waals surface area contributed by atoms with Gasteiger partial charge in [-0.25, -0.2) is 0 Å².